The Morgan fingerprint density at radius 1 is 1.05 bits per heavy atom. The van der Waals surface area contributed by atoms with Crippen LogP contribution >= 0.6 is 11.3 Å². The molecule has 0 aliphatic carbocycles. The molecule has 9 heteroatoms. The van der Waals surface area contributed by atoms with Gasteiger partial charge in [-0.3, -0.25) is 14.1 Å². The Balaban J connectivity index is 1.35. The Kier molecular flexibility index (Phi) is 8.03. The highest BCUT2D eigenvalue weighted by atomic mass is 32.1. The number of carbonyl (C=O) groups excluding carboxylic acids is 1. The Hall–Kier alpha value is -3.40. The molecule has 8 nitrogen and oxygen atoms in total. The number of carbonyl (C=O) groups is 1. The van der Waals surface area contributed by atoms with E-state index in [0.29, 0.717) is 30.2 Å². The van der Waals surface area contributed by atoms with Crippen LogP contribution in [-0.2, 0) is 11.2 Å². The standard InChI is InChI=1S/C28H32N4O4S/c1-34-24-16-22(17-25(18-24)35-2)27(33)31(11-10-30-12-14-36-15-13-30)9-8-23-20-37-28-29-26(19-32(23)28)21-6-4-3-5-7-21/h3-7,16-20H,8-15H2,1-2H3. The molecule has 1 aliphatic heterocycles. The summed E-state index contributed by atoms with van der Waals surface area (Å²) in [6.45, 7) is 5.27. The quantitative estimate of drug-likeness (QED) is 0.314. The summed E-state index contributed by atoms with van der Waals surface area (Å²) in [5, 5.41) is 2.14. The van der Waals surface area contributed by atoms with Crippen molar-refractivity contribution in [1.29, 1.82) is 0 Å². The van der Waals surface area contributed by atoms with E-state index in [-0.39, 0.29) is 5.91 Å². The molecule has 1 aliphatic rings. The molecule has 3 heterocycles. The summed E-state index contributed by atoms with van der Waals surface area (Å²) in [7, 11) is 3.19. The van der Waals surface area contributed by atoms with Crippen LogP contribution in [0.15, 0.2) is 60.1 Å². The number of morpholine rings is 1. The summed E-state index contributed by atoms with van der Waals surface area (Å²) in [5.41, 5.74) is 3.75. The van der Waals surface area contributed by atoms with E-state index in [2.05, 4.69) is 33.0 Å². The van der Waals surface area contributed by atoms with Gasteiger partial charge in [-0.1, -0.05) is 30.3 Å². The van der Waals surface area contributed by atoms with Crippen molar-refractivity contribution in [2.24, 2.45) is 0 Å². The molecule has 1 saturated heterocycles. The Morgan fingerprint density at radius 3 is 2.49 bits per heavy atom. The molecular weight excluding hydrogens is 488 g/mol. The average molecular weight is 521 g/mol. The van der Waals surface area contributed by atoms with E-state index < -0.39 is 0 Å². The number of hydrogen-bond acceptors (Lipinski definition) is 7. The number of methoxy groups -OCH3 is 2. The first kappa shape index (κ1) is 25.3. The first-order valence-electron chi connectivity index (χ1n) is 12.5. The van der Waals surface area contributed by atoms with Crippen LogP contribution in [0.25, 0.3) is 16.2 Å². The highest BCUT2D eigenvalue weighted by molar-refractivity contribution is 7.15. The summed E-state index contributed by atoms with van der Waals surface area (Å²) in [6, 6.07) is 15.5. The first-order chi connectivity index (χ1) is 18.1. The number of ether oxygens (including phenoxy) is 3. The van der Waals surface area contributed by atoms with E-state index >= 15 is 0 Å². The van der Waals surface area contributed by atoms with E-state index in [9.17, 15) is 4.79 Å². The molecule has 0 saturated carbocycles. The van der Waals surface area contributed by atoms with Crippen molar-refractivity contribution in [2.75, 3.05) is 60.2 Å². The van der Waals surface area contributed by atoms with E-state index in [4.69, 9.17) is 19.2 Å². The Morgan fingerprint density at radius 2 is 1.78 bits per heavy atom. The molecule has 4 aromatic rings. The summed E-state index contributed by atoms with van der Waals surface area (Å²) in [4.78, 5) is 23.8. The molecule has 37 heavy (non-hydrogen) atoms. The molecule has 2 aromatic heterocycles. The molecule has 194 valence electrons. The van der Waals surface area contributed by atoms with E-state index in [1.165, 1.54) is 0 Å². The first-order valence-corrected chi connectivity index (χ1v) is 13.4. The van der Waals surface area contributed by atoms with Crippen LogP contribution in [0.1, 0.15) is 16.1 Å². The third-order valence-corrected chi connectivity index (χ3v) is 7.55. The zero-order chi connectivity index (χ0) is 25.6. The van der Waals surface area contributed by atoms with Crippen LogP contribution in [0.3, 0.4) is 0 Å². The van der Waals surface area contributed by atoms with E-state index in [1.807, 2.05) is 23.1 Å². The lowest BCUT2D eigenvalue weighted by atomic mass is 10.1. The van der Waals surface area contributed by atoms with Crippen LogP contribution in [0.2, 0.25) is 0 Å². The molecule has 0 unspecified atom stereocenters. The summed E-state index contributed by atoms with van der Waals surface area (Å²) in [6.07, 6.45) is 2.81. The zero-order valence-electron chi connectivity index (χ0n) is 21.3. The zero-order valence-corrected chi connectivity index (χ0v) is 22.1. The lowest BCUT2D eigenvalue weighted by Crippen LogP contribution is -2.43. The number of hydrogen-bond donors (Lipinski definition) is 0. The van der Waals surface area contributed by atoms with Crippen LogP contribution in [0, 0.1) is 0 Å². The van der Waals surface area contributed by atoms with Crippen molar-refractivity contribution in [3.63, 3.8) is 0 Å². The van der Waals surface area contributed by atoms with Crippen molar-refractivity contribution in [2.45, 2.75) is 6.42 Å². The minimum absolute atomic E-state index is 0.0347. The molecule has 1 fully saturated rings. The molecule has 5 rings (SSSR count). The van der Waals surface area contributed by atoms with Crippen LogP contribution < -0.4 is 9.47 Å². The fraction of sp³-hybridized carbons (Fsp3) is 0.357. The van der Waals surface area contributed by atoms with Gasteiger partial charge in [0.25, 0.3) is 5.91 Å². The number of benzene rings is 2. The predicted molar refractivity (Wildman–Crippen MR) is 145 cm³/mol. The van der Waals surface area contributed by atoms with Gasteiger partial charge in [0.2, 0.25) is 0 Å². The van der Waals surface area contributed by atoms with Crippen molar-refractivity contribution in [3.8, 4) is 22.8 Å². The number of nitrogens with zero attached hydrogens (tertiary/aromatic N) is 4. The fourth-order valence-corrected chi connectivity index (χ4v) is 5.43. The van der Waals surface area contributed by atoms with Crippen LogP contribution in [0.4, 0.5) is 0 Å². The molecule has 1 amide bonds. The van der Waals surface area contributed by atoms with Gasteiger partial charge in [0.1, 0.15) is 11.5 Å². The number of fused-ring (bicyclic) bond motifs is 1. The SMILES string of the molecule is COc1cc(OC)cc(C(=O)N(CCc2csc3nc(-c4ccccc4)cn23)CCN2CCOCC2)c1. The third kappa shape index (κ3) is 5.95. The number of rotatable bonds is 10. The largest absolute Gasteiger partial charge is 0.497 e. The van der Waals surface area contributed by atoms with Crippen molar-refractivity contribution in [1.82, 2.24) is 19.2 Å². The number of imidazole rings is 1. The van der Waals surface area contributed by atoms with Gasteiger partial charge in [0.15, 0.2) is 4.96 Å². The second-order valence-electron chi connectivity index (χ2n) is 8.97. The monoisotopic (exact) mass is 520 g/mol. The van der Waals surface area contributed by atoms with Gasteiger partial charge in [-0.2, -0.15) is 0 Å². The maximum Gasteiger partial charge on any atom is 0.254 e. The highest BCUT2D eigenvalue weighted by Gasteiger charge is 2.21. The van der Waals surface area contributed by atoms with E-state index in [0.717, 1.165) is 61.2 Å². The molecule has 2 aromatic carbocycles. The molecule has 0 atom stereocenters. The smallest absolute Gasteiger partial charge is 0.254 e. The van der Waals surface area contributed by atoms with Gasteiger partial charge in [-0.05, 0) is 12.1 Å². The van der Waals surface area contributed by atoms with Gasteiger partial charge in [0, 0.05) is 73.6 Å². The topological polar surface area (TPSA) is 68.5 Å². The lowest BCUT2D eigenvalue weighted by Gasteiger charge is -2.30. The third-order valence-electron chi connectivity index (χ3n) is 6.67. The van der Waals surface area contributed by atoms with Crippen molar-refractivity contribution >= 4 is 22.2 Å². The minimum Gasteiger partial charge on any atom is -0.497 e. The van der Waals surface area contributed by atoms with Crippen LogP contribution in [-0.4, -0.2) is 85.2 Å². The average Bonchev–Trinajstić information content (AvgIpc) is 3.55. The van der Waals surface area contributed by atoms with Gasteiger partial charge >= 0.3 is 0 Å². The minimum atomic E-state index is -0.0347. The summed E-state index contributed by atoms with van der Waals surface area (Å²) in [5.74, 6) is 1.16. The summed E-state index contributed by atoms with van der Waals surface area (Å²) >= 11 is 1.63. The molecule has 0 spiro atoms. The van der Waals surface area contributed by atoms with Crippen LogP contribution in [0.5, 0.6) is 11.5 Å². The van der Waals surface area contributed by atoms with Gasteiger partial charge < -0.3 is 19.1 Å². The second kappa shape index (κ2) is 11.8. The second-order valence-corrected chi connectivity index (χ2v) is 9.81. The number of amides is 1. The number of thiazole rings is 1. The maximum absolute atomic E-state index is 13.7. The van der Waals surface area contributed by atoms with Gasteiger partial charge in [-0.15, -0.1) is 11.3 Å². The lowest BCUT2D eigenvalue weighted by molar-refractivity contribution is 0.0325. The molecule has 0 N–H and O–H groups in total. The summed E-state index contributed by atoms with van der Waals surface area (Å²) < 4.78 is 18.4. The van der Waals surface area contributed by atoms with Gasteiger partial charge in [0.05, 0.1) is 33.1 Å². The molecule has 0 radical (unpaired) electrons. The Labute approximate surface area is 221 Å². The van der Waals surface area contributed by atoms with E-state index in [1.54, 1.807) is 43.8 Å². The van der Waals surface area contributed by atoms with Gasteiger partial charge in [-0.25, -0.2) is 4.98 Å². The van der Waals surface area contributed by atoms with Crippen molar-refractivity contribution < 1.29 is 19.0 Å². The maximum atomic E-state index is 13.7. The fourth-order valence-electron chi connectivity index (χ4n) is 4.52. The highest BCUT2D eigenvalue weighted by Crippen LogP contribution is 2.25. The molecule has 0 bridgehead atoms. The molecular formula is C28H32N4O4S. The van der Waals surface area contributed by atoms with Crippen molar-refractivity contribution in [3.05, 3.63) is 71.4 Å². The normalized spacial score (nSPS) is 14.1. The number of aromatic nitrogens is 2. The Bertz CT molecular complexity index is 1310. The predicted octanol–water partition coefficient (Wildman–Crippen LogP) is 4.10.